The van der Waals surface area contributed by atoms with Gasteiger partial charge in [0.05, 0.1) is 13.1 Å². The first-order chi connectivity index (χ1) is 9.12. The molecular weight excluding hydrogens is 276 g/mol. The predicted molar refractivity (Wildman–Crippen MR) is 82.1 cm³/mol. The zero-order valence-electron chi connectivity index (χ0n) is 12.1. The van der Waals surface area contributed by atoms with Gasteiger partial charge in [0.2, 0.25) is 5.89 Å². The van der Waals surface area contributed by atoms with Gasteiger partial charge in [-0.2, -0.15) is 4.98 Å². The fourth-order valence-electron chi connectivity index (χ4n) is 2.13. The molecule has 0 aliphatic carbocycles. The lowest BCUT2D eigenvalue weighted by molar-refractivity contribution is 0.374. The fraction of sp³-hybridized carbons (Fsp3) is 0.429. The molecule has 0 aliphatic rings. The van der Waals surface area contributed by atoms with E-state index in [4.69, 9.17) is 10.3 Å². The Morgan fingerprint density at radius 2 is 1.85 bits per heavy atom. The van der Waals surface area contributed by atoms with Crippen LogP contribution >= 0.6 is 12.4 Å². The highest BCUT2D eigenvalue weighted by Crippen LogP contribution is 2.20. The summed E-state index contributed by atoms with van der Waals surface area (Å²) < 4.78 is 5.03. The van der Waals surface area contributed by atoms with Crippen LogP contribution < -0.4 is 10.6 Å². The SMILES string of the molecule is CCN(Cc1noc(CN)n1)c1cc(C)cc(C)c1.Cl. The average molecular weight is 297 g/mol. The number of hydrogen-bond donors (Lipinski definition) is 1. The van der Waals surface area contributed by atoms with E-state index in [1.165, 1.54) is 16.8 Å². The molecule has 0 radical (unpaired) electrons. The van der Waals surface area contributed by atoms with Crippen molar-refractivity contribution in [2.24, 2.45) is 5.73 Å². The van der Waals surface area contributed by atoms with E-state index in [0.29, 0.717) is 18.3 Å². The average Bonchev–Trinajstić information content (AvgIpc) is 2.82. The molecule has 0 spiro atoms. The maximum absolute atomic E-state index is 5.47. The molecule has 2 N–H and O–H groups in total. The van der Waals surface area contributed by atoms with E-state index in [1.54, 1.807) is 0 Å². The third-order valence-corrected chi connectivity index (χ3v) is 2.97. The molecule has 5 nitrogen and oxygen atoms in total. The summed E-state index contributed by atoms with van der Waals surface area (Å²) >= 11 is 0. The van der Waals surface area contributed by atoms with Crippen molar-refractivity contribution in [2.75, 3.05) is 11.4 Å². The maximum atomic E-state index is 5.47. The van der Waals surface area contributed by atoms with E-state index in [-0.39, 0.29) is 19.0 Å². The van der Waals surface area contributed by atoms with Crippen molar-refractivity contribution in [1.29, 1.82) is 0 Å². The van der Waals surface area contributed by atoms with Crippen LogP contribution in [0.4, 0.5) is 5.69 Å². The van der Waals surface area contributed by atoms with Crippen molar-refractivity contribution in [3.05, 3.63) is 41.0 Å². The lowest BCUT2D eigenvalue weighted by atomic mass is 10.1. The molecule has 0 fully saturated rings. The van der Waals surface area contributed by atoms with Crippen LogP contribution in [0.25, 0.3) is 0 Å². The van der Waals surface area contributed by atoms with Crippen LogP contribution in [0.2, 0.25) is 0 Å². The second-order valence-electron chi connectivity index (χ2n) is 4.67. The molecule has 0 saturated heterocycles. The first-order valence-corrected chi connectivity index (χ1v) is 6.47. The molecule has 0 amide bonds. The Morgan fingerprint density at radius 3 is 2.35 bits per heavy atom. The van der Waals surface area contributed by atoms with Gasteiger partial charge >= 0.3 is 0 Å². The van der Waals surface area contributed by atoms with Crippen molar-refractivity contribution in [3.8, 4) is 0 Å². The zero-order valence-corrected chi connectivity index (χ0v) is 12.9. The van der Waals surface area contributed by atoms with E-state index < -0.39 is 0 Å². The quantitative estimate of drug-likeness (QED) is 0.918. The molecule has 0 aliphatic heterocycles. The minimum Gasteiger partial charge on any atom is -0.364 e. The van der Waals surface area contributed by atoms with Crippen molar-refractivity contribution in [1.82, 2.24) is 10.1 Å². The van der Waals surface area contributed by atoms with Gasteiger partial charge < -0.3 is 15.2 Å². The molecule has 110 valence electrons. The summed E-state index contributed by atoms with van der Waals surface area (Å²) in [5.41, 5.74) is 9.15. The number of aryl methyl sites for hydroxylation is 2. The number of rotatable bonds is 5. The number of nitrogens with two attached hydrogens (primary N) is 1. The lowest BCUT2D eigenvalue weighted by Gasteiger charge is -2.22. The topological polar surface area (TPSA) is 68.2 Å². The number of aromatic nitrogens is 2. The molecule has 1 aromatic heterocycles. The van der Waals surface area contributed by atoms with Crippen LogP contribution in [0.5, 0.6) is 0 Å². The van der Waals surface area contributed by atoms with Crippen LogP contribution in [0.1, 0.15) is 29.8 Å². The molecular formula is C14H21ClN4O. The summed E-state index contributed by atoms with van der Waals surface area (Å²) in [5, 5.41) is 3.94. The van der Waals surface area contributed by atoms with Gasteiger partial charge in [-0.25, -0.2) is 0 Å². The Bertz CT molecular complexity index is 536. The second-order valence-corrected chi connectivity index (χ2v) is 4.67. The van der Waals surface area contributed by atoms with Gasteiger partial charge in [-0.1, -0.05) is 11.2 Å². The zero-order chi connectivity index (χ0) is 13.8. The molecule has 20 heavy (non-hydrogen) atoms. The highest BCUT2D eigenvalue weighted by atomic mass is 35.5. The van der Waals surface area contributed by atoms with E-state index in [9.17, 15) is 0 Å². The highest BCUT2D eigenvalue weighted by Gasteiger charge is 2.11. The van der Waals surface area contributed by atoms with Crippen molar-refractivity contribution >= 4 is 18.1 Å². The van der Waals surface area contributed by atoms with Gasteiger partial charge in [-0.05, 0) is 44.0 Å². The first-order valence-electron chi connectivity index (χ1n) is 6.47. The van der Waals surface area contributed by atoms with Crippen molar-refractivity contribution in [3.63, 3.8) is 0 Å². The Balaban J connectivity index is 0.00000200. The van der Waals surface area contributed by atoms with Gasteiger partial charge in [0, 0.05) is 12.2 Å². The number of hydrogen-bond acceptors (Lipinski definition) is 5. The largest absolute Gasteiger partial charge is 0.364 e. The summed E-state index contributed by atoms with van der Waals surface area (Å²) in [6, 6.07) is 6.50. The van der Waals surface area contributed by atoms with E-state index >= 15 is 0 Å². The minimum atomic E-state index is 0. The third-order valence-electron chi connectivity index (χ3n) is 2.97. The summed E-state index contributed by atoms with van der Waals surface area (Å²) in [4.78, 5) is 6.46. The summed E-state index contributed by atoms with van der Waals surface area (Å²) in [7, 11) is 0. The fourth-order valence-corrected chi connectivity index (χ4v) is 2.13. The van der Waals surface area contributed by atoms with Gasteiger partial charge in [0.25, 0.3) is 0 Å². The minimum absolute atomic E-state index is 0. The summed E-state index contributed by atoms with van der Waals surface area (Å²) in [6.07, 6.45) is 0. The molecule has 0 bridgehead atoms. The second kappa shape index (κ2) is 7.26. The molecule has 2 rings (SSSR count). The predicted octanol–water partition coefficient (Wildman–Crippen LogP) is 2.59. The van der Waals surface area contributed by atoms with Crippen LogP contribution in [0.3, 0.4) is 0 Å². The summed E-state index contributed by atoms with van der Waals surface area (Å²) in [6.45, 7) is 8.11. The number of nitrogens with zero attached hydrogens (tertiary/aromatic N) is 3. The molecule has 6 heteroatoms. The van der Waals surface area contributed by atoms with Gasteiger partial charge in [0.1, 0.15) is 0 Å². The highest BCUT2D eigenvalue weighted by molar-refractivity contribution is 5.85. The smallest absolute Gasteiger partial charge is 0.240 e. The van der Waals surface area contributed by atoms with Crippen LogP contribution in [-0.2, 0) is 13.1 Å². The lowest BCUT2D eigenvalue weighted by Crippen LogP contribution is -2.23. The van der Waals surface area contributed by atoms with E-state index in [0.717, 1.165) is 6.54 Å². The maximum Gasteiger partial charge on any atom is 0.240 e. The van der Waals surface area contributed by atoms with Crippen molar-refractivity contribution < 1.29 is 4.52 Å². The summed E-state index contributed by atoms with van der Waals surface area (Å²) in [5.74, 6) is 1.15. The van der Waals surface area contributed by atoms with Crippen LogP contribution in [-0.4, -0.2) is 16.7 Å². The van der Waals surface area contributed by atoms with E-state index in [2.05, 4.69) is 54.0 Å². The van der Waals surface area contributed by atoms with Gasteiger partial charge in [-0.3, -0.25) is 0 Å². The standard InChI is InChI=1S/C14H20N4O.ClH/c1-4-18(9-13-16-14(8-15)19-17-13)12-6-10(2)5-11(3)7-12;/h5-7H,4,8-9,15H2,1-3H3;1H. The molecule has 1 aromatic carbocycles. The Kier molecular flexibility index (Phi) is 5.98. The van der Waals surface area contributed by atoms with Gasteiger partial charge in [-0.15, -0.1) is 12.4 Å². The van der Waals surface area contributed by atoms with Crippen LogP contribution in [0, 0.1) is 13.8 Å². The number of anilines is 1. The molecule has 0 saturated carbocycles. The number of benzene rings is 1. The first kappa shape index (κ1) is 16.5. The normalized spacial score (nSPS) is 10.2. The Labute approximate surface area is 125 Å². The Hall–Kier alpha value is -1.59. The molecule has 0 unspecified atom stereocenters. The number of halogens is 1. The van der Waals surface area contributed by atoms with E-state index in [1.807, 2.05) is 0 Å². The van der Waals surface area contributed by atoms with Crippen LogP contribution in [0.15, 0.2) is 22.7 Å². The molecule has 2 aromatic rings. The molecule has 0 atom stereocenters. The monoisotopic (exact) mass is 296 g/mol. The molecule has 1 heterocycles. The Morgan fingerprint density at radius 1 is 1.20 bits per heavy atom. The third kappa shape index (κ3) is 3.95. The van der Waals surface area contributed by atoms with Crippen molar-refractivity contribution in [2.45, 2.75) is 33.9 Å². The van der Waals surface area contributed by atoms with Gasteiger partial charge in [0.15, 0.2) is 5.82 Å².